The Labute approximate surface area is 149 Å². The first-order chi connectivity index (χ1) is 12.4. The first-order valence-corrected chi connectivity index (χ1v) is 7.36. The van der Waals surface area contributed by atoms with Crippen molar-refractivity contribution in [3.8, 4) is 0 Å². The van der Waals surface area contributed by atoms with E-state index in [1.165, 1.54) is 19.4 Å². The molecule has 6 nitrogen and oxygen atoms in total. The Morgan fingerprint density at radius 2 is 1.93 bits per heavy atom. The molecule has 0 aliphatic rings. The van der Waals surface area contributed by atoms with Crippen LogP contribution in [0.3, 0.4) is 0 Å². The Hall–Kier alpha value is -2.63. The third kappa shape index (κ3) is 4.96. The summed E-state index contributed by atoms with van der Waals surface area (Å²) in [6, 6.07) is 3.10. The van der Waals surface area contributed by atoms with Crippen LogP contribution in [0.25, 0.3) is 0 Å². The van der Waals surface area contributed by atoms with Crippen molar-refractivity contribution in [1.82, 2.24) is 14.5 Å². The quantitative estimate of drug-likeness (QED) is 0.728. The van der Waals surface area contributed by atoms with Crippen molar-refractivity contribution < 1.29 is 35.9 Å². The van der Waals surface area contributed by atoms with Gasteiger partial charge in [-0.25, -0.2) is 4.98 Å². The number of hydrogen-bond acceptors (Lipinski definition) is 4. The monoisotopic (exact) mass is 396 g/mol. The zero-order valence-electron chi connectivity index (χ0n) is 14.0. The number of carbonyl (C=O) groups excluding carboxylic acids is 1. The van der Waals surface area contributed by atoms with E-state index in [9.17, 15) is 31.1 Å². The van der Waals surface area contributed by atoms with Gasteiger partial charge in [-0.1, -0.05) is 0 Å². The summed E-state index contributed by atoms with van der Waals surface area (Å²) in [6.07, 6.45) is -9.36. The van der Waals surface area contributed by atoms with Crippen LogP contribution in [0.15, 0.2) is 30.7 Å². The minimum absolute atomic E-state index is 0.263. The second kappa shape index (κ2) is 7.55. The first kappa shape index (κ1) is 20.7. The predicted octanol–water partition coefficient (Wildman–Crippen LogP) is 3.27. The van der Waals surface area contributed by atoms with Crippen LogP contribution < -0.4 is 4.90 Å². The second-order valence-electron chi connectivity index (χ2n) is 5.48. The van der Waals surface area contributed by atoms with Crippen molar-refractivity contribution in [2.75, 3.05) is 18.6 Å². The fourth-order valence-corrected chi connectivity index (χ4v) is 2.20. The number of amides is 1. The highest BCUT2D eigenvalue weighted by Crippen LogP contribution is 2.36. The summed E-state index contributed by atoms with van der Waals surface area (Å²) in [6.45, 7) is -2.11. The number of alkyl halides is 6. The molecule has 1 unspecified atom stereocenters. The van der Waals surface area contributed by atoms with Crippen molar-refractivity contribution in [2.24, 2.45) is 7.05 Å². The molecule has 1 amide bonds. The maximum absolute atomic E-state index is 13.1. The summed E-state index contributed by atoms with van der Waals surface area (Å²) in [4.78, 5) is 20.9. The lowest BCUT2D eigenvalue weighted by atomic mass is 10.3. The van der Waals surface area contributed by atoms with Crippen LogP contribution in [0.5, 0.6) is 0 Å². The molecule has 0 aliphatic carbocycles. The summed E-state index contributed by atoms with van der Waals surface area (Å²) in [7, 11) is 2.45. The van der Waals surface area contributed by atoms with E-state index in [0.717, 1.165) is 22.7 Å². The second-order valence-corrected chi connectivity index (χ2v) is 5.48. The molecule has 0 bridgehead atoms. The number of anilines is 1. The molecule has 0 saturated carbocycles. The van der Waals surface area contributed by atoms with E-state index in [4.69, 9.17) is 0 Å². The van der Waals surface area contributed by atoms with Crippen LogP contribution in [0.4, 0.5) is 32.0 Å². The van der Waals surface area contributed by atoms with Gasteiger partial charge in [-0.2, -0.15) is 26.3 Å². The number of pyridine rings is 1. The van der Waals surface area contributed by atoms with Gasteiger partial charge in [-0.3, -0.25) is 9.78 Å². The highest BCUT2D eigenvalue weighted by molar-refractivity contribution is 6.04. The highest BCUT2D eigenvalue weighted by atomic mass is 19.4. The predicted molar refractivity (Wildman–Crippen MR) is 81.0 cm³/mol. The first-order valence-electron chi connectivity index (χ1n) is 7.36. The molecule has 2 rings (SSSR count). The molecule has 0 aromatic carbocycles. The molecule has 12 heteroatoms. The molecule has 148 valence electrons. The van der Waals surface area contributed by atoms with Gasteiger partial charge in [-0.15, -0.1) is 0 Å². The summed E-state index contributed by atoms with van der Waals surface area (Å²) in [5.41, 5.74) is 0.104. The SMILES string of the molecule is CN(C(=O)c1cnc(C(OCC(F)(F)F)C(F)(F)F)n1C)c1cccnc1. The number of imidazole rings is 1. The molecule has 0 fully saturated rings. The number of aromatic nitrogens is 3. The van der Waals surface area contributed by atoms with Gasteiger partial charge in [0.2, 0.25) is 6.10 Å². The molecule has 0 saturated heterocycles. The van der Waals surface area contributed by atoms with Gasteiger partial charge >= 0.3 is 12.4 Å². The molecule has 2 aromatic rings. The summed E-state index contributed by atoms with van der Waals surface area (Å²) < 4.78 is 81.0. The minimum Gasteiger partial charge on any atom is -0.352 e. The number of rotatable bonds is 5. The number of ether oxygens (including phenoxy) is 1. The summed E-state index contributed by atoms with van der Waals surface area (Å²) in [5, 5.41) is 0. The molecule has 1 atom stereocenters. The maximum Gasteiger partial charge on any atom is 0.421 e. The molecular weight excluding hydrogens is 382 g/mol. The summed E-state index contributed by atoms with van der Waals surface area (Å²) >= 11 is 0. The Balaban J connectivity index is 2.32. The van der Waals surface area contributed by atoms with E-state index in [0.29, 0.717) is 5.69 Å². The van der Waals surface area contributed by atoms with Gasteiger partial charge in [0.15, 0.2) is 0 Å². The smallest absolute Gasteiger partial charge is 0.352 e. The largest absolute Gasteiger partial charge is 0.421 e. The molecule has 0 spiro atoms. The molecule has 2 aromatic heterocycles. The van der Waals surface area contributed by atoms with Crippen LogP contribution in [-0.2, 0) is 11.8 Å². The van der Waals surface area contributed by atoms with E-state index < -0.39 is 36.8 Å². The average Bonchev–Trinajstić information content (AvgIpc) is 2.93. The highest BCUT2D eigenvalue weighted by Gasteiger charge is 2.47. The van der Waals surface area contributed by atoms with E-state index in [1.54, 1.807) is 12.1 Å². The molecule has 0 radical (unpaired) electrons. The topological polar surface area (TPSA) is 60.3 Å². The van der Waals surface area contributed by atoms with Crippen LogP contribution in [0.1, 0.15) is 22.4 Å². The van der Waals surface area contributed by atoms with Crippen molar-refractivity contribution in [3.05, 3.63) is 42.2 Å². The van der Waals surface area contributed by atoms with E-state index in [2.05, 4.69) is 14.7 Å². The molecule has 0 aliphatic heterocycles. The Kier molecular flexibility index (Phi) is 5.78. The lowest BCUT2D eigenvalue weighted by Crippen LogP contribution is -2.32. The van der Waals surface area contributed by atoms with Gasteiger partial charge in [0, 0.05) is 20.3 Å². The molecule has 2 heterocycles. The lowest BCUT2D eigenvalue weighted by molar-refractivity contribution is -0.260. The van der Waals surface area contributed by atoms with Gasteiger partial charge in [-0.05, 0) is 12.1 Å². The lowest BCUT2D eigenvalue weighted by Gasteiger charge is -2.22. The van der Waals surface area contributed by atoms with Crippen LogP contribution >= 0.6 is 0 Å². The third-order valence-corrected chi connectivity index (χ3v) is 3.53. The molecular formula is C15H14F6N4O2. The van der Waals surface area contributed by atoms with Crippen LogP contribution in [-0.4, -0.2) is 46.4 Å². The van der Waals surface area contributed by atoms with E-state index in [1.807, 2.05) is 0 Å². The zero-order valence-corrected chi connectivity index (χ0v) is 14.0. The fourth-order valence-electron chi connectivity index (χ4n) is 2.20. The number of nitrogens with zero attached hydrogens (tertiary/aromatic N) is 4. The normalized spacial score (nSPS) is 13.5. The average molecular weight is 396 g/mol. The summed E-state index contributed by atoms with van der Waals surface area (Å²) in [5.74, 6) is -1.59. The number of carbonyl (C=O) groups is 1. The van der Waals surface area contributed by atoms with E-state index >= 15 is 0 Å². The van der Waals surface area contributed by atoms with Crippen molar-refractivity contribution >= 4 is 11.6 Å². The van der Waals surface area contributed by atoms with Gasteiger partial charge in [0.05, 0.1) is 18.1 Å². The fraction of sp³-hybridized carbons (Fsp3) is 0.400. The molecule has 0 N–H and O–H groups in total. The number of halogens is 6. The van der Waals surface area contributed by atoms with Crippen molar-refractivity contribution in [2.45, 2.75) is 18.5 Å². The third-order valence-electron chi connectivity index (χ3n) is 3.53. The number of hydrogen-bond donors (Lipinski definition) is 0. The Morgan fingerprint density at radius 3 is 2.44 bits per heavy atom. The van der Waals surface area contributed by atoms with Crippen molar-refractivity contribution in [1.29, 1.82) is 0 Å². The van der Waals surface area contributed by atoms with Crippen LogP contribution in [0, 0.1) is 0 Å². The zero-order chi connectivity index (χ0) is 20.4. The van der Waals surface area contributed by atoms with Crippen molar-refractivity contribution in [3.63, 3.8) is 0 Å². The van der Waals surface area contributed by atoms with Gasteiger partial charge in [0.25, 0.3) is 5.91 Å². The standard InChI is InChI=1S/C15H14F6N4O2/c1-24(9-4-3-5-22-6-9)13(26)10-7-23-12(25(10)2)11(15(19,20)21)27-8-14(16,17)18/h3-7,11H,8H2,1-2H3. The van der Waals surface area contributed by atoms with E-state index in [-0.39, 0.29) is 5.69 Å². The van der Waals surface area contributed by atoms with Crippen LogP contribution in [0.2, 0.25) is 0 Å². The van der Waals surface area contributed by atoms with Gasteiger partial charge in [0.1, 0.15) is 18.1 Å². The Morgan fingerprint density at radius 1 is 1.26 bits per heavy atom. The maximum atomic E-state index is 13.1. The minimum atomic E-state index is -5.15. The Bertz CT molecular complexity index is 788. The van der Waals surface area contributed by atoms with Gasteiger partial charge < -0.3 is 14.2 Å². The molecule has 27 heavy (non-hydrogen) atoms.